The van der Waals surface area contributed by atoms with Gasteiger partial charge in [0.05, 0.1) is 24.9 Å². The molecule has 1 atom stereocenters. The maximum absolute atomic E-state index is 9.53. The van der Waals surface area contributed by atoms with Crippen LogP contribution in [0, 0.1) is 0 Å². The van der Waals surface area contributed by atoms with Gasteiger partial charge in [0, 0.05) is 0 Å². The lowest BCUT2D eigenvalue weighted by Crippen LogP contribution is -1.94. The number of hydrogen-bond donors (Lipinski definition) is 1. The van der Waals surface area contributed by atoms with E-state index in [-0.39, 0.29) is 0 Å². The minimum absolute atomic E-state index is 0.449. The van der Waals surface area contributed by atoms with Gasteiger partial charge >= 0.3 is 5.69 Å². The maximum Gasteiger partial charge on any atom is 0.302 e. The molecule has 0 saturated carbocycles. The lowest BCUT2D eigenvalue weighted by Gasteiger charge is -2.12. The van der Waals surface area contributed by atoms with E-state index in [1.54, 1.807) is 0 Å². The van der Waals surface area contributed by atoms with Gasteiger partial charge in [0.1, 0.15) is 0 Å². The van der Waals surface area contributed by atoms with E-state index >= 15 is 0 Å². The second kappa shape index (κ2) is 10.0. The van der Waals surface area contributed by atoms with Crippen molar-refractivity contribution < 1.29 is 18.6 Å². The summed E-state index contributed by atoms with van der Waals surface area (Å²) in [4.78, 5) is 14.3. The highest BCUT2D eigenvalue weighted by atomic mass is 32.9. The summed E-state index contributed by atoms with van der Waals surface area (Å²) in [6, 6.07) is 0. The number of unbranched alkanes of at least 4 members (excludes halogenated alkanes) is 2. The first-order chi connectivity index (χ1) is 7.12. The van der Waals surface area contributed by atoms with Gasteiger partial charge in [0.2, 0.25) is 0 Å². The van der Waals surface area contributed by atoms with Crippen molar-refractivity contribution in [3.63, 3.8) is 0 Å². The van der Waals surface area contributed by atoms with E-state index in [9.17, 15) is 4.89 Å². The van der Waals surface area contributed by atoms with Crippen LogP contribution < -0.4 is 0 Å². The Morgan fingerprint density at radius 1 is 1.20 bits per heavy atom. The van der Waals surface area contributed by atoms with Crippen LogP contribution in [0.2, 0.25) is 0 Å². The summed E-state index contributed by atoms with van der Waals surface area (Å²) in [7, 11) is 0. The first kappa shape index (κ1) is 15.8. The topological polar surface area (TPSA) is 47.9 Å². The standard InChI is InChI=1S/C8H19O4PS2/c1-3-5-7-10-12-13(9,14)15-11-8-6-4-2/h3-8H2,1-2H3,(H,9,14). The lowest BCUT2D eigenvalue weighted by atomic mass is 10.4. The van der Waals surface area contributed by atoms with Crippen LogP contribution >= 0.6 is 17.4 Å². The Kier molecular flexibility index (Phi) is 10.6. The third-order valence-electron chi connectivity index (χ3n) is 1.46. The van der Waals surface area contributed by atoms with E-state index in [2.05, 4.69) is 6.92 Å². The average Bonchev–Trinajstić information content (AvgIpc) is 2.20. The second-order valence-electron chi connectivity index (χ2n) is 2.97. The van der Waals surface area contributed by atoms with E-state index in [1.165, 1.54) is 0 Å². The Morgan fingerprint density at radius 2 is 1.80 bits per heavy atom. The Morgan fingerprint density at radius 3 is 2.40 bits per heavy atom. The highest BCUT2D eigenvalue weighted by molar-refractivity contribution is 8.65. The molecule has 0 saturated heterocycles. The third-order valence-corrected chi connectivity index (χ3v) is 4.00. The molecule has 0 aliphatic rings. The van der Waals surface area contributed by atoms with Gasteiger partial charge in [-0.1, -0.05) is 26.7 Å². The molecule has 0 aliphatic carbocycles. The highest BCUT2D eigenvalue weighted by Gasteiger charge is 2.17. The van der Waals surface area contributed by atoms with Crippen LogP contribution in [0.1, 0.15) is 39.5 Å². The quantitative estimate of drug-likeness (QED) is 0.216. The zero-order chi connectivity index (χ0) is 11.6. The molecule has 0 rings (SSSR count). The molecule has 0 aromatic rings. The largest absolute Gasteiger partial charge is 0.334 e. The van der Waals surface area contributed by atoms with Gasteiger partial charge in [0.25, 0.3) is 0 Å². The van der Waals surface area contributed by atoms with Gasteiger partial charge in [-0.3, -0.25) is 0 Å². The molecule has 0 amide bonds. The molecule has 7 heteroatoms. The summed E-state index contributed by atoms with van der Waals surface area (Å²) in [6.45, 7) is 5.12. The van der Waals surface area contributed by atoms with Crippen molar-refractivity contribution in [2.75, 3.05) is 13.2 Å². The van der Waals surface area contributed by atoms with E-state index < -0.39 is 5.69 Å². The molecule has 0 bridgehead atoms. The molecule has 0 radical (unpaired) electrons. The van der Waals surface area contributed by atoms with Crippen molar-refractivity contribution in [3.8, 4) is 0 Å². The highest BCUT2D eigenvalue weighted by Crippen LogP contribution is 2.56. The molecule has 0 aromatic carbocycles. The second-order valence-corrected chi connectivity index (χ2v) is 8.55. The van der Waals surface area contributed by atoms with Crippen LogP contribution in [0.4, 0.5) is 0 Å². The molecule has 0 fully saturated rings. The lowest BCUT2D eigenvalue weighted by molar-refractivity contribution is -0.204. The van der Waals surface area contributed by atoms with Gasteiger partial charge in [-0.15, -0.1) is 0 Å². The van der Waals surface area contributed by atoms with E-state index in [1.807, 2.05) is 6.92 Å². The van der Waals surface area contributed by atoms with E-state index in [4.69, 9.17) is 25.6 Å². The molecule has 4 nitrogen and oxygen atoms in total. The summed E-state index contributed by atoms with van der Waals surface area (Å²) in [5, 5.41) is 0. The average molecular weight is 274 g/mol. The minimum Gasteiger partial charge on any atom is -0.334 e. The summed E-state index contributed by atoms with van der Waals surface area (Å²) in [5.74, 6) is 0. The van der Waals surface area contributed by atoms with Crippen LogP contribution in [0.5, 0.6) is 0 Å². The van der Waals surface area contributed by atoms with Gasteiger partial charge in [-0.05, 0) is 24.6 Å². The first-order valence-electron chi connectivity index (χ1n) is 5.07. The summed E-state index contributed by atoms with van der Waals surface area (Å²) in [5.41, 5.74) is -2.97. The van der Waals surface area contributed by atoms with Crippen LogP contribution in [-0.2, 0) is 25.6 Å². The van der Waals surface area contributed by atoms with Crippen LogP contribution in [0.25, 0.3) is 0 Å². The number of hydrogen-bond acceptors (Lipinski definition) is 5. The molecular formula is C8H19O4PS2. The fourth-order valence-electron chi connectivity index (χ4n) is 0.627. The normalized spacial score (nSPS) is 15.1. The predicted octanol–water partition coefficient (Wildman–Crippen LogP) is 3.42. The van der Waals surface area contributed by atoms with E-state index in [0.29, 0.717) is 13.2 Å². The SMILES string of the molecule is CCCCOOP(O)(=S)SOCCCC. The van der Waals surface area contributed by atoms with Gasteiger partial charge < -0.3 is 9.08 Å². The predicted molar refractivity (Wildman–Crippen MR) is 66.9 cm³/mol. The van der Waals surface area contributed by atoms with Crippen molar-refractivity contribution >= 4 is 29.2 Å². The van der Waals surface area contributed by atoms with Crippen molar-refractivity contribution in [3.05, 3.63) is 0 Å². The fraction of sp³-hybridized carbons (Fsp3) is 1.00. The molecule has 1 N–H and O–H groups in total. The molecule has 0 spiro atoms. The van der Waals surface area contributed by atoms with Gasteiger partial charge in [-0.2, -0.15) is 4.67 Å². The Bertz CT molecular complexity index is 175. The Labute approximate surface area is 101 Å². The van der Waals surface area contributed by atoms with Crippen molar-refractivity contribution in [2.24, 2.45) is 0 Å². The zero-order valence-corrected chi connectivity index (χ0v) is 11.7. The minimum atomic E-state index is -2.97. The summed E-state index contributed by atoms with van der Waals surface area (Å²) in [6.07, 6.45) is 3.89. The molecule has 92 valence electrons. The third kappa shape index (κ3) is 11.1. The van der Waals surface area contributed by atoms with Gasteiger partial charge in [-0.25, -0.2) is 4.89 Å². The van der Waals surface area contributed by atoms with Gasteiger partial charge in [0.15, 0.2) is 0 Å². The van der Waals surface area contributed by atoms with Crippen molar-refractivity contribution in [1.29, 1.82) is 0 Å². The van der Waals surface area contributed by atoms with E-state index in [0.717, 1.165) is 37.3 Å². The van der Waals surface area contributed by atoms with Crippen LogP contribution in [-0.4, -0.2) is 18.1 Å². The maximum atomic E-state index is 9.53. The fourth-order valence-corrected chi connectivity index (χ4v) is 2.53. The molecular weight excluding hydrogens is 255 g/mol. The number of rotatable bonds is 10. The van der Waals surface area contributed by atoms with Crippen molar-refractivity contribution in [1.82, 2.24) is 0 Å². The van der Waals surface area contributed by atoms with Crippen LogP contribution in [0.3, 0.4) is 0 Å². The summed E-state index contributed by atoms with van der Waals surface area (Å²) < 4.78 is 9.83. The molecule has 0 aromatic heterocycles. The Hall–Kier alpha value is 0.840. The monoisotopic (exact) mass is 274 g/mol. The summed E-state index contributed by atoms with van der Waals surface area (Å²) >= 11 is 5.61. The molecule has 15 heavy (non-hydrogen) atoms. The zero-order valence-electron chi connectivity index (χ0n) is 9.18. The smallest absolute Gasteiger partial charge is 0.302 e. The molecule has 0 heterocycles. The van der Waals surface area contributed by atoms with Crippen LogP contribution in [0.15, 0.2) is 0 Å². The molecule has 0 aliphatic heterocycles. The van der Waals surface area contributed by atoms with Crippen molar-refractivity contribution in [2.45, 2.75) is 39.5 Å². The first-order valence-corrected chi connectivity index (χ1v) is 9.09. The Balaban J connectivity index is 3.45. The molecule has 1 unspecified atom stereocenters.